The molecule has 2 aromatic rings. The Morgan fingerprint density at radius 1 is 1.09 bits per heavy atom. The van der Waals surface area contributed by atoms with Crippen molar-refractivity contribution in [3.8, 4) is 5.75 Å². The predicted molar refractivity (Wildman–Crippen MR) is 86.3 cm³/mol. The number of aromatic carboxylic acids is 1. The number of hydrogen-bond donors (Lipinski definition) is 1. The fraction of sp³-hybridized carbons (Fsp3) is 0.278. The van der Waals surface area contributed by atoms with Gasteiger partial charge >= 0.3 is 5.97 Å². The number of benzene rings is 2. The van der Waals surface area contributed by atoms with Crippen molar-refractivity contribution in [2.24, 2.45) is 0 Å². The summed E-state index contributed by atoms with van der Waals surface area (Å²) in [5.74, 6) is -0.218. The van der Waals surface area contributed by atoms with Crippen LogP contribution in [0.25, 0.3) is 0 Å². The van der Waals surface area contributed by atoms with Gasteiger partial charge in [0.05, 0.1) is 12.2 Å². The molecule has 4 nitrogen and oxygen atoms in total. The van der Waals surface area contributed by atoms with Gasteiger partial charge in [0, 0.05) is 13.1 Å². The molecule has 116 valence electrons. The first-order chi connectivity index (χ1) is 10.6. The average molecular weight is 299 g/mol. The summed E-state index contributed by atoms with van der Waals surface area (Å²) >= 11 is 0. The molecule has 0 aromatic heterocycles. The molecule has 0 unspecified atom stereocenters. The third-order valence-electron chi connectivity index (χ3n) is 3.35. The Labute approximate surface area is 131 Å². The van der Waals surface area contributed by atoms with Crippen LogP contribution in [0.4, 0.5) is 0 Å². The van der Waals surface area contributed by atoms with Crippen molar-refractivity contribution < 1.29 is 14.6 Å². The highest BCUT2D eigenvalue weighted by atomic mass is 16.5. The molecule has 22 heavy (non-hydrogen) atoms. The van der Waals surface area contributed by atoms with E-state index in [0.29, 0.717) is 12.4 Å². The van der Waals surface area contributed by atoms with Crippen LogP contribution in [-0.2, 0) is 6.54 Å². The van der Waals surface area contributed by atoms with Crippen molar-refractivity contribution in [3.63, 3.8) is 0 Å². The molecule has 2 aromatic carbocycles. The number of ether oxygens (including phenoxy) is 1. The van der Waals surface area contributed by atoms with Crippen LogP contribution in [0.15, 0.2) is 54.6 Å². The van der Waals surface area contributed by atoms with Gasteiger partial charge in [-0.3, -0.25) is 0 Å². The molecule has 1 N–H and O–H groups in total. The number of hydrogen-bond acceptors (Lipinski definition) is 3. The molecule has 0 aliphatic heterocycles. The summed E-state index contributed by atoms with van der Waals surface area (Å²) in [4.78, 5) is 13.0. The number of carboxylic acid groups (broad SMARTS) is 1. The lowest BCUT2D eigenvalue weighted by molar-refractivity contribution is 0.0697. The first-order valence-corrected chi connectivity index (χ1v) is 7.34. The van der Waals surface area contributed by atoms with E-state index in [0.717, 1.165) is 19.5 Å². The highest BCUT2D eigenvalue weighted by Gasteiger charge is 2.03. The first-order valence-electron chi connectivity index (χ1n) is 7.34. The van der Waals surface area contributed by atoms with Crippen molar-refractivity contribution in [2.45, 2.75) is 13.0 Å². The SMILES string of the molecule is CN(CCCOc1ccc(C(=O)O)cc1)Cc1ccccc1. The normalized spacial score (nSPS) is 10.6. The zero-order valence-corrected chi connectivity index (χ0v) is 12.7. The van der Waals surface area contributed by atoms with Crippen LogP contribution in [-0.4, -0.2) is 36.2 Å². The summed E-state index contributed by atoms with van der Waals surface area (Å²) in [5, 5.41) is 8.83. The molecule has 2 rings (SSSR count). The standard InChI is InChI=1S/C18H21NO3/c1-19(14-15-6-3-2-4-7-15)12-5-13-22-17-10-8-16(9-11-17)18(20)21/h2-4,6-11H,5,12-14H2,1H3,(H,20,21). The maximum Gasteiger partial charge on any atom is 0.335 e. The third kappa shape index (κ3) is 5.22. The number of carboxylic acids is 1. The first kappa shape index (κ1) is 16.0. The van der Waals surface area contributed by atoms with Crippen molar-refractivity contribution >= 4 is 5.97 Å². The second kappa shape index (κ2) is 8.20. The number of nitrogens with zero attached hydrogens (tertiary/aromatic N) is 1. The van der Waals surface area contributed by atoms with E-state index >= 15 is 0 Å². The summed E-state index contributed by atoms with van der Waals surface area (Å²) in [6.07, 6.45) is 0.921. The van der Waals surface area contributed by atoms with Gasteiger partial charge in [0.2, 0.25) is 0 Å². The lowest BCUT2D eigenvalue weighted by atomic mass is 10.2. The average Bonchev–Trinajstić information content (AvgIpc) is 2.53. The second-order valence-corrected chi connectivity index (χ2v) is 5.25. The minimum atomic E-state index is -0.922. The number of rotatable bonds is 8. The molecule has 4 heteroatoms. The zero-order chi connectivity index (χ0) is 15.8. The van der Waals surface area contributed by atoms with Crippen molar-refractivity contribution in [2.75, 3.05) is 20.2 Å². The molecule has 0 aliphatic carbocycles. The number of carbonyl (C=O) groups is 1. The summed E-state index contributed by atoms with van der Waals surface area (Å²) in [7, 11) is 2.09. The van der Waals surface area contributed by atoms with E-state index in [2.05, 4.69) is 24.1 Å². The molecule has 0 bridgehead atoms. The van der Waals surface area contributed by atoms with E-state index in [1.54, 1.807) is 24.3 Å². The highest BCUT2D eigenvalue weighted by Crippen LogP contribution is 2.12. The molecule has 0 heterocycles. The lowest BCUT2D eigenvalue weighted by Gasteiger charge is -2.16. The third-order valence-corrected chi connectivity index (χ3v) is 3.35. The lowest BCUT2D eigenvalue weighted by Crippen LogP contribution is -2.20. The fourth-order valence-electron chi connectivity index (χ4n) is 2.19. The van der Waals surface area contributed by atoms with Crippen LogP contribution in [0.3, 0.4) is 0 Å². The van der Waals surface area contributed by atoms with E-state index in [1.807, 2.05) is 18.2 Å². The van der Waals surface area contributed by atoms with Gasteiger partial charge in [-0.15, -0.1) is 0 Å². The van der Waals surface area contributed by atoms with Gasteiger partial charge in [-0.05, 0) is 43.3 Å². The van der Waals surface area contributed by atoms with Gasteiger partial charge in [-0.1, -0.05) is 30.3 Å². The van der Waals surface area contributed by atoms with Crippen molar-refractivity contribution in [1.82, 2.24) is 4.90 Å². The quantitative estimate of drug-likeness (QED) is 0.760. The highest BCUT2D eigenvalue weighted by molar-refractivity contribution is 5.87. The maximum atomic E-state index is 10.8. The molecule has 0 saturated carbocycles. The second-order valence-electron chi connectivity index (χ2n) is 5.25. The summed E-state index contributed by atoms with van der Waals surface area (Å²) < 4.78 is 5.62. The van der Waals surface area contributed by atoms with Gasteiger partial charge in [-0.2, -0.15) is 0 Å². The van der Waals surface area contributed by atoms with Crippen LogP contribution in [0.2, 0.25) is 0 Å². The van der Waals surface area contributed by atoms with Crippen molar-refractivity contribution in [3.05, 3.63) is 65.7 Å². The molecule has 0 fully saturated rings. The zero-order valence-electron chi connectivity index (χ0n) is 12.7. The fourth-order valence-corrected chi connectivity index (χ4v) is 2.19. The minimum Gasteiger partial charge on any atom is -0.494 e. The molecular formula is C18H21NO3. The monoisotopic (exact) mass is 299 g/mol. The van der Waals surface area contributed by atoms with Gasteiger partial charge in [0.15, 0.2) is 0 Å². The van der Waals surface area contributed by atoms with E-state index in [1.165, 1.54) is 5.56 Å². The smallest absolute Gasteiger partial charge is 0.335 e. The van der Waals surface area contributed by atoms with E-state index in [9.17, 15) is 4.79 Å². The Balaban J connectivity index is 1.67. The Morgan fingerprint density at radius 2 is 1.77 bits per heavy atom. The van der Waals surface area contributed by atoms with Gasteiger partial charge in [0.1, 0.15) is 5.75 Å². The van der Waals surface area contributed by atoms with Gasteiger partial charge in [0.25, 0.3) is 0 Å². The Hall–Kier alpha value is -2.33. The molecular weight excluding hydrogens is 278 g/mol. The van der Waals surface area contributed by atoms with Crippen LogP contribution < -0.4 is 4.74 Å². The summed E-state index contributed by atoms with van der Waals surface area (Å²) in [6.45, 7) is 2.49. The van der Waals surface area contributed by atoms with E-state index < -0.39 is 5.97 Å². The van der Waals surface area contributed by atoms with E-state index in [-0.39, 0.29) is 5.56 Å². The molecule has 0 atom stereocenters. The summed E-state index contributed by atoms with van der Waals surface area (Å²) in [5.41, 5.74) is 1.57. The van der Waals surface area contributed by atoms with Crippen LogP contribution in [0.1, 0.15) is 22.3 Å². The summed E-state index contributed by atoms with van der Waals surface area (Å²) in [6, 6.07) is 16.9. The van der Waals surface area contributed by atoms with Crippen LogP contribution >= 0.6 is 0 Å². The predicted octanol–water partition coefficient (Wildman–Crippen LogP) is 3.29. The topological polar surface area (TPSA) is 49.8 Å². The Kier molecular flexibility index (Phi) is 5.98. The van der Waals surface area contributed by atoms with Crippen LogP contribution in [0.5, 0.6) is 5.75 Å². The maximum absolute atomic E-state index is 10.8. The van der Waals surface area contributed by atoms with Gasteiger partial charge < -0.3 is 14.7 Å². The van der Waals surface area contributed by atoms with Gasteiger partial charge in [-0.25, -0.2) is 4.79 Å². The largest absolute Gasteiger partial charge is 0.494 e. The molecule has 0 saturated heterocycles. The Bertz CT molecular complexity index is 581. The molecule has 0 spiro atoms. The van der Waals surface area contributed by atoms with Crippen molar-refractivity contribution in [1.29, 1.82) is 0 Å². The molecule has 0 aliphatic rings. The minimum absolute atomic E-state index is 0.273. The van der Waals surface area contributed by atoms with E-state index in [4.69, 9.17) is 9.84 Å². The molecule has 0 radical (unpaired) electrons. The Morgan fingerprint density at radius 3 is 2.41 bits per heavy atom. The van der Waals surface area contributed by atoms with Crippen LogP contribution in [0, 0.1) is 0 Å². The molecule has 0 amide bonds.